The lowest BCUT2D eigenvalue weighted by atomic mass is 10.1. The van der Waals surface area contributed by atoms with Crippen molar-refractivity contribution in [2.75, 3.05) is 0 Å². The van der Waals surface area contributed by atoms with Gasteiger partial charge < -0.3 is 14.4 Å². The molecule has 0 aliphatic heterocycles. The number of nitrogens with zero attached hydrogens (tertiary/aromatic N) is 1. The highest BCUT2D eigenvalue weighted by molar-refractivity contribution is 5.88. The molecule has 4 aromatic rings. The highest BCUT2D eigenvalue weighted by atomic mass is 16.5. The van der Waals surface area contributed by atoms with Crippen molar-refractivity contribution in [2.45, 2.75) is 40.3 Å². The Morgan fingerprint density at radius 1 is 0.935 bits per heavy atom. The fourth-order valence-corrected chi connectivity index (χ4v) is 3.62. The van der Waals surface area contributed by atoms with Gasteiger partial charge in [0.15, 0.2) is 0 Å². The molecule has 3 aromatic carbocycles. The molecule has 160 valence electrons. The number of aryl methyl sites for hydroxylation is 1. The number of carboxylic acids is 1. The molecule has 0 saturated heterocycles. The average molecular weight is 416 g/mol. The second-order valence-electron chi connectivity index (χ2n) is 7.30. The van der Waals surface area contributed by atoms with Crippen LogP contribution in [0.5, 0.6) is 5.75 Å². The van der Waals surface area contributed by atoms with E-state index in [4.69, 9.17) is 4.74 Å². The van der Waals surface area contributed by atoms with Crippen LogP contribution in [0, 0.1) is 6.92 Å². The van der Waals surface area contributed by atoms with Crippen molar-refractivity contribution in [3.05, 3.63) is 101 Å². The van der Waals surface area contributed by atoms with E-state index >= 15 is 0 Å². The number of aliphatic carboxylic acids is 1. The third kappa shape index (κ3) is 5.76. The number of rotatable bonds is 7. The summed E-state index contributed by atoms with van der Waals surface area (Å²) in [6.45, 7) is 7.25. The van der Waals surface area contributed by atoms with E-state index in [9.17, 15) is 9.90 Å². The Labute approximate surface area is 183 Å². The molecule has 31 heavy (non-hydrogen) atoms. The molecule has 0 fully saturated rings. The first-order valence-corrected chi connectivity index (χ1v) is 10.6. The van der Waals surface area contributed by atoms with Crippen LogP contribution < -0.4 is 4.74 Å². The Hall–Kier alpha value is -3.53. The number of ether oxygens (including phenoxy) is 1. The van der Waals surface area contributed by atoms with Crippen molar-refractivity contribution in [1.82, 2.24) is 4.57 Å². The van der Waals surface area contributed by atoms with Gasteiger partial charge in [0.25, 0.3) is 0 Å². The van der Waals surface area contributed by atoms with Crippen LogP contribution >= 0.6 is 0 Å². The van der Waals surface area contributed by atoms with Crippen LogP contribution in [0.15, 0.2) is 79.0 Å². The second kappa shape index (κ2) is 10.5. The van der Waals surface area contributed by atoms with Crippen molar-refractivity contribution < 1.29 is 14.6 Å². The molecule has 0 spiro atoms. The summed E-state index contributed by atoms with van der Waals surface area (Å²) in [7, 11) is 0. The summed E-state index contributed by atoms with van der Waals surface area (Å²) in [5.74, 6) is -0.100. The van der Waals surface area contributed by atoms with Crippen LogP contribution in [-0.4, -0.2) is 15.6 Å². The molecular formula is C27H29NO3. The van der Waals surface area contributed by atoms with Gasteiger partial charge in [-0.25, -0.2) is 0 Å². The Bertz CT molecular complexity index is 1150. The monoisotopic (exact) mass is 415 g/mol. The van der Waals surface area contributed by atoms with Crippen LogP contribution in [0.3, 0.4) is 0 Å². The lowest BCUT2D eigenvalue weighted by molar-refractivity contribution is -0.136. The highest BCUT2D eigenvalue weighted by Gasteiger charge is 2.13. The van der Waals surface area contributed by atoms with Gasteiger partial charge in [0.2, 0.25) is 0 Å². The summed E-state index contributed by atoms with van der Waals surface area (Å²) in [5.41, 5.74) is 5.30. The Kier molecular flexibility index (Phi) is 7.50. The fourth-order valence-electron chi connectivity index (χ4n) is 3.62. The maximum absolute atomic E-state index is 11.4. The topological polar surface area (TPSA) is 51.5 Å². The normalized spacial score (nSPS) is 10.4. The molecule has 4 heteroatoms. The zero-order valence-electron chi connectivity index (χ0n) is 18.3. The zero-order chi connectivity index (χ0) is 22.2. The smallest absolute Gasteiger partial charge is 0.307 e. The van der Waals surface area contributed by atoms with E-state index in [0.717, 1.165) is 27.8 Å². The third-order valence-electron chi connectivity index (χ3n) is 4.96. The van der Waals surface area contributed by atoms with E-state index in [1.165, 1.54) is 11.1 Å². The summed E-state index contributed by atoms with van der Waals surface area (Å²) < 4.78 is 8.06. The second-order valence-corrected chi connectivity index (χ2v) is 7.30. The first-order chi connectivity index (χ1) is 15.1. The van der Waals surface area contributed by atoms with E-state index in [-0.39, 0.29) is 6.42 Å². The highest BCUT2D eigenvalue weighted by Crippen LogP contribution is 2.28. The number of hydrogen-bond acceptors (Lipinski definition) is 2. The van der Waals surface area contributed by atoms with E-state index < -0.39 is 5.97 Å². The summed E-state index contributed by atoms with van der Waals surface area (Å²) >= 11 is 0. The van der Waals surface area contributed by atoms with E-state index in [0.29, 0.717) is 13.2 Å². The van der Waals surface area contributed by atoms with Crippen LogP contribution in [0.1, 0.15) is 36.1 Å². The molecule has 0 atom stereocenters. The number of carboxylic acid groups (broad SMARTS) is 1. The molecular weight excluding hydrogens is 386 g/mol. The van der Waals surface area contributed by atoms with Gasteiger partial charge in [-0.05, 0) is 41.8 Å². The lowest BCUT2D eigenvalue weighted by Crippen LogP contribution is -2.00. The van der Waals surface area contributed by atoms with Crippen LogP contribution in [0.2, 0.25) is 0 Å². The maximum Gasteiger partial charge on any atom is 0.307 e. The van der Waals surface area contributed by atoms with Crippen molar-refractivity contribution in [2.24, 2.45) is 0 Å². The molecule has 0 amide bonds. The van der Waals surface area contributed by atoms with Gasteiger partial charge in [0.1, 0.15) is 12.4 Å². The maximum atomic E-state index is 11.4. The fraction of sp³-hybridized carbons (Fsp3) is 0.222. The summed E-state index contributed by atoms with van der Waals surface area (Å²) in [5, 5.41) is 10.3. The van der Waals surface area contributed by atoms with Gasteiger partial charge in [0, 0.05) is 23.6 Å². The largest absolute Gasteiger partial charge is 0.489 e. The Balaban J connectivity index is 0.00000132. The minimum atomic E-state index is -0.838. The standard InChI is InChI=1S/C25H23NO3.C2H6/c1-18-6-5-9-20(12-18)15-26-16-21(13-25(27)28)23-14-22(10-11-24(23)26)29-17-19-7-3-2-4-8-19;1-2/h2-12,14,16H,13,15,17H2,1H3,(H,27,28);1-2H3. The van der Waals surface area contributed by atoms with Crippen molar-refractivity contribution >= 4 is 16.9 Å². The van der Waals surface area contributed by atoms with Gasteiger partial charge in [0.05, 0.1) is 6.42 Å². The quantitative estimate of drug-likeness (QED) is 0.389. The number of carbonyl (C=O) groups is 1. The molecule has 4 nitrogen and oxygen atoms in total. The predicted molar refractivity (Wildman–Crippen MR) is 126 cm³/mol. The van der Waals surface area contributed by atoms with Crippen LogP contribution in [-0.2, 0) is 24.4 Å². The van der Waals surface area contributed by atoms with Gasteiger partial charge in [-0.3, -0.25) is 4.79 Å². The van der Waals surface area contributed by atoms with Gasteiger partial charge in [-0.15, -0.1) is 0 Å². The Morgan fingerprint density at radius 3 is 2.39 bits per heavy atom. The molecule has 0 saturated carbocycles. The number of hydrogen-bond donors (Lipinski definition) is 1. The molecule has 0 bridgehead atoms. The number of aromatic nitrogens is 1. The zero-order valence-corrected chi connectivity index (χ0v) is 18.3. The minimum absolute atomic E-state index is 0.0144. The molecule has 4 rings (SSSR count). The van der Waals surface area contributed by atoms with Crippen molar-refractivity contribution in [3.8, 4) is 5.75 Å². The molecule has 0 aliphatic carbocycles. The average Bonchev–Trinajstić information content (AvgIpc) is 3.10. The van der Waals surface area contributed by atoms with E-state index in [1.807, 2.05) is 74.6 Å². The van der Waals surface area contributed by atoms with Gasteiger partial charge >= 0.3 is 5.97 Å². The summed E-state index contributed by atoms with van der Waals surface area (Å²) in [4.78, 5) is 11.4. The molecule has 0 unspecified atom stereocenters. The van der Waals surface area contributed by atoms with E-state index in [2.05, 4.69) is 29.7 Å². The van der Waals surface area contributed by atoms with Crippen LogP contribution in [0.4, 0.5) is 0 Å². The van der Waals surface area contributed by atoms with Crippen LogP contribution in [0.25, 0.3) is 10.9 Å². The minimum Gasteiger partial charge on any atom is -0.489 e. The SMILES string of the molecule is CC.Cc1cccc(Cn2cc(CC(=O)O)c3cc(OCc4ccccc4)ccc32)c1. The summed E-state index contributed by atoms with van der Waals surface area (Å²) in [6.07, 6.45) is 1.93. The predicted octanol–water partition coefficient (Wildman–Crippen LogP) is 6.23. The number of fused-ring (bicyclic) bond motifs is 1. The molecule has 1 N–H and O–H groups in total. The van der Waals surface area contributed by atoms with Crippen molar-refractivity contribution in [3.63, 3.8) is 0 Å². The first-order valence-electron chi connectivity index (χ1n) is 10.6. The van der Waals surface area contributed by atoms with Gasteiger partial charge in [-0.1, -0.05) is 74.0 Å². The van der Waals surface area contributed by atoms with E-state index in [1.54, 1.807) is 0 Å². The molecule has 1 aromatic heterocycles. The Morgan fingerprint density at radius 2 is 1.68 bits per heavy atom. The van der Waals surface area contributed by atoms with Crippen molar-refractivity contribution in [1.29, 1.82) is 0 Å². The van der Waals surface area contributed by atoms with Gasteiger partial charge in [-0.2, -0.15) is 0 Å². The third-order valence-corrected chi connectivity index (χ3v) is 4.96. The summed E-state index contributed by atoms with van der Waals surface area (Å²) in [6, 6.07) is 24.3. The lowest BCUT2D eigenvalue weighted by Gasteiger charge is -2.09. The molecule has 1 heterocycles. The first kappa shape index (κ1) is 22.2. The molecule has 0 radical (unpaired) electrons. The molecule has 0 aliphatic rings. The number of benzene rings is 3.